The quantitative estimate of drug-likeness (QED) is 0.532. The van der Waals surface area contributed by atoms with Gasteiger partial charge < -0.3 is 4.74 Å². The highest BCUT2D eigenvalue weighted by molar-refractivity contribution is 7.61. The SMILES string of the molecule is CC(C)(C)P(C(OCc1ccccc1)c1ccccc1)C(C)(C)C. The average Bonchev–Trinajstić information content (AvgIpc) is 2.50. The maximum atomic E-state index is 6.56. The molecule has 0 bridgehead atoms. The van der Waals surface area contributed by atoms with Crippen LogP contribution in [0.1, 0.15) is 58.5 Å². The maximum Gasteiger partial charge on any atom is 0.103 e. The van der Waals surface area contributed by atoms with Gasteiger partial charge in [-0.3, -0.25) is 0 Å². The molecule has 0 heterocycles. The number of rotatable bonds is 5. The molecule has 2 rings (SSSR count). The van der Waals surface area contributed by atoms with Crippen molar-refractivity contribution in [2.75, 3.05) is 0 Å². The van der Waals surface area contributed by atoms with Crippen molar-refractivity contribution in [3.05, 3.63) is 71.8 Å². The molecule has 0 saturated heterocycles. The molecule has 0 aromatic heterocycles. The summed E-state index contributed by atoms with van der Waals surface area (Å²) in [5.74, 6) is 0.140. The van der Waals surface area contributed by atoms with Gasteiger partial charge in [0.25, 0.3) is 0 Å². The van der Waals surface area contributed by atoms with Crippen LogP contribution in [0.5, 0.6) is 0 Å². The highest BCUT2D eigenvalue weighted by Gasteiger charge is 2.41. The predicted molar refractivity (Wildman–Crippen MR) is 107 cm³/mol. The third kappa shape index (κ3) is 5.16. The highest BCUT2D eigenvalue weighted by Crippen LogP contribution is 2.68. The van der Waals surface area contributed by atoms with Crippen LogP contribution in [0.4, 0.5) is 0 Å². The van der Waals surface area contributed by atoms with E-state index in [1.54, 1.807) is 0 Å². The fourth-order valence-corrected chi connectivity index (χ4v) is 7.51. The van der Waals surface area contributed by atoms with E-state index >= 15 is 0 Å². The summed E-state index contributed by atoms with van der Waals surface area (Å²) in [5.41, 5.74) is 2.53. The van der Waals surface area contributed by atoms with E-state index in [0.717, 1.165) is 0 Å². The first kappa shape index (κ1) is 19.2. The van der Waals surface area contributed by atoms with Crippen molar-refractivity contribution in [3.63, 3.8) is 0 Å². The molecule has 0 aliphatic rings. The maximum absolute atomic E-state index is 6.56. The Balaban J connectivity index is 2.35. The topological polar surface area (TPSA) is 9.23 Å². The van der Waals surface area contributed by atoms with Crippen LogP contribution in [0, 0.1) is 0 Å². The largest absolute Gasteiger partial charge is 0.364 e. The summed E-state index contributed by atoms with van der Waals surface area (Å²) in [7, 11) is -0.401. The molecule has 0 fully saturated rings. The summed E-state index contributed by atoms with van der Waals surface area (Å²) in [4.78, 5) is 0. The van der Waals surface area contributed by atoms with Crippen LogP contribution >= 0.6 is 7.92 Å². The molecule has 2 aromatic rings. The van der Waals surface area contributed by atoms with Crippen LogP contribution in [0.3, 0.4) is 0 Å². The number of benzene rings is 2. The van der Waals surface area contributed by atoms with Gasteiger partial charge >= 0.3 is 0 Å². The summed E-state index contributed by atoms with van der Waals surface area (Å²) in [6.07, 6.45) is 0. The third-order valence-corrected chi connectivity index (χ3v) is 7.82. The molecule has 0 spiro atoms. The standard InChI is InChI=1S/C22H31OP/c1-21(2,3)24(22(4,5)6)20(19-15-11-8-12-16-19)23-17-18-13-9-7-10-14-18/h7-16,20H,17H2,1-6H3. The molecule has 1 unspecified atom stereocenters. The van der Waals surface area contributed by atoms with Gasteiger partial charge in [0, 0.05) is 0 Å². The van der Waals surface area contributed by atoms with Gasteiger partial charge in [-0.15, -0.1) is 0 Å². The molecular weight excluding hydrogens is 311 g/mol. The summed E-state index contributed by atoms with van der Waals surface area (Å²) in [6.45, 7) is 14.8. The Bertz CT molecular complexity index is 594. The van der Waals surface area contributed by atoms with Gasteiger partial charge in [-0.25, -0.2) is 0 Å². The van der Waals surface area contributed by atoms with E-state index in [4.69, 9.17) is 4.74 Å². The molecule has 0 radical (unpaired) electrons. The molecule has 0 aliphatic carbocycles. The normalized spacial score (nSPS) is 14.0. The van der Waals surface area contributed by atoms with Gasteiger partial charge in [-0.1, -0.05) is 110 Å². The van der Waals surface area contributed by atoms with Gasteiger partial charge in [0.1, 0.15) is 5.85 Å². The lowest BCUT2D eigenvalue weighted by atomic mass is 10.2. The summed E-state index contributed by atoms with van der Waals surface area (Å²) < 4.78 is 6.56. The monoisotopic (exact) mass is 342 g/mol. The van der Waals surface area contributed by atoms with Crippen LogP contribution in [0.25, 0.3) is 0 Å². The Kier molecular flexibility index (Phi) is 6.23. The number of hydrogen-bond donors (Lipinski definition) is 0. The summed E-state index contributed by atoms with van der Waals surface area (Å²) in [5, 5.41) is 0.426. The van der Waals surface area contributed by atoms with E-state index in [1.165, 1.54) is 11.1 Å². The Hall–Kier alpha value is -1.17. The molecule has 2 heteroatoms. The van der Waals surface area contributed by atoms with Crippen LogP contribution in [-0.4, -0.2) is 10.3 Å². The molecule has 0 amide bonds. The molecular formula is C22H31OP. The zero-order chi connectivity index (χ0) is 17.8. The first-order valence-electron chi connectivity index (χ1n) is 8.69. The van der Waals surface area contributed by atoms with E-state index in [1.807, 2.05) is 0 Å². The van der Waals surface area contributed by atoms with Crippen LogP contribution in [-0.2, 0) is 11.3 Å². The minimum Gasteiger partial charge on any atom is -0.364 e. The van der Waals surface area contributed by atoms with E-state index in [-0.39, 0.29) is 16.2 Å². The van der Waals surface area contributed by atoms with Crippen LogP contribution in [0.15, 0.2) is 60.7 Å². The van der Waals surface area contributed by atoms with E-state index in [9.17, 15) is 0 Å². The van der Waals surface area contributed by atoms with Crippen molar-refractivity contribution in [1.29, 1.82) is 0 Å². The fraction of sp³-hybridized carbons (Fsp3) is 0.455. The molecule has 130 valence electrons. The highest BCUT2D eigenvalue weighted by atomic mass is 31.1. The van der Waals surface area contributed by atoms with Gasteiger partial charge in [0.2, 0.25) is 0 Å². The van der Waals surface area contributed by atoms with Gasteiger partial charge in [0.15, 0.2) is 0 Å². The predicted octanol–water partition coefficient (Wildman–Crippen LogP) is 6.98. The van der Waals surface area contributed by atoms with E-state index < -0.39 is 7.92 Å². The Morgan fingerprint density at radius 3 is 1.67 bits per heavy atom. The van der Waals surface area contributed by atoms with Crippen molar-refractivity contribution in [1.82, 2.24) is 0 Å². The Labute approximate surface area is 149 Å². The van der Waals surface area contributed by atoms with Crippen molar-refractivity contribution in [3.8, 4) is 0 Å². The number of hydrogen-bond acceptors (Lipinski definition) is 1. The number of ether oxygens (including phenoxy) is 1. The summed E-state index contributed by atoms with van der Waals surface area (Å²) >= 11 is 0. The van der Waals surface area contributed by atoms with Crippen molar-refractivity contribution in [2.45, 2.75) is 64.3 Å². The first-order valence-corrected chi connectivity index (χ1v) is 10.1. The van der Waals surface area contributed by atoms with Gasteiger partial charge in [-0.05, 0) is 21.4 Å². The van der Waals surface area contributed by atoms with Crippen molar-refractivity contribution < 1.29 is 4.74 Å². The van der Waals surface area contributed by atoms with Gasteiger partial charge in [0.05, 0.1) is 6.61 Å². The smallest absolute Gasteiger partial charge is 0.103 e. The fourth-order valence-electron chi connectivity index (χ4n) is 3.40. The average molecular weight is 342 g/mol. The Morgan fingerprint density at radius 1 is 0.750 bits per heavy atom. The first-order chi connectivity index (χ1) is 11.2. The Morgan fingerprint density at radius 2 is 1.21 bits per heavy atom. The lowest BCUT2D eigenvalue weighted by Gasteiger charge is -2.46. The second kappa shape index (κ2) is 7.81. The second-order valence-corrected chi connectivity index (χ2v) is 12.2. The molecule has 24 heavy (non-hydrogen) atoms. The zero-order valence-corrected chi connectivity index (χ0v) is 16.8. The van der Waals surface area contributed by atoms with Gasteiger partial charge in [-0.2, -0.15) is 0 Å². The van der Waals surface area contributed by atoms with Crippen molar-refractivity contribution >= 4 is 7.92 Å². The van der Waals surface area contributed by atoms with E-state index in [2.05, 4.69) is 102 Å². The molecule has 1 nitrogen and oxygen atoms in total. The molecule has 1 atom stereocenters. The van der Waals surface area contributed by atoms with Crippen molar-refractivity contribution in [2.24, 2.45) is 0 Å². The molecule has 0 N–H and O–H groups in total. The minimum absolute atomic E-state index is 0.140. The third-order valence-electron chi connectivity index (χ3n) is 4.02. The molecule has 0 aliphatic heterocycles. The van der Waals surface area contributed by atoms with Crippen LogP contribution < -0.4 is 0 Å². The minimum atomic E-state index is -0.401. The molecule has 0 saturated carbocycles. The molecule has 2 aromatic carbocycles. The second-order valence-electron chi connectivity index (χ2n) is 8.27. The van der Waals surface area contributed by atoms with E-state index in [0.29, 0.717) is 6.61 Å². The zero-order valence-electron chi connectivity index (χ0n) is 15.9. The van der Waals surface area contributed by atoms with Crippen LogP contribution in [0.2, 0.25) is 0 Å². The lowest BCUT2D eigenvalue weighted by molar-refractivity contribution is 0.0924. The lowest BCUT2D eigenvalue weighted by Crippen LogP contribution is -2.29. The summed E-state index contributed by atoms with van der Waals surface area (Å²) in [6, 6.07) is 21.2.